The van der Waals surface area contributed by atoms with Crippen molar-refractivity contribution in [3.05, 3.63) is 35.9 Å². The zero-order valence-electron chi connectivity index (χ0n) is 7.22. The van der Waals surface area contributed by atoms with E-state index < -0.39 is 0 Å². The summed E-state index contributed by atoms with van der Waals surface area (Å²) in [6, 6.07) is 10.6. The Hall–Kier alpha value is -0.820. The Morgan fingerprint density at radius 3 is 2.27 bits per heavy atom. The molecule has 1 nitrogen and oxygen atoms in total. The quantitative estimate of drug-likeness (QED) is 0.707. The molecule has 1 heteroatoms. The van der Waals surface area contributed by atoms with Crippen molar-refractivity contribution in [2.75, 3.05) is 0 Å². The van der Waals surface area contributed by atoms with E-state index >= 15 is 0 Å². The van der Waals surface area contributed by atoms with Gasteiger partial charge in [-0.05, 0) is 18.4 Å². The van der Waals surface area contributed by atoms with Crippen LogP contribution in [-0.4, -0.2) is 0 Å². The lowest BCUT2D eigenvalue weighted by Crippen LogP contribution is -1.81. The van der Waals surface area contributed by atoms with Crippen LogP contribution in [0.15, 0.2) is 30.3 Å². The van der Waals surface area contributed by atoms with Crippen molar-refractivity contribution in [2.24, 2.45) is 0 Å². The van der Waals surface area contributed by atoms with Crippen molar-refractivity contribution in [3.8, 4) is 0 Å². The lowest BCUT2D eigenvalue weighted by atomic mass is 10.1. The molecule has 0 spiro atoms. The minimum absolute atomic E-state index is 0. The molecule has 0 saturated heterocycles. The number of rotatable bonds is 3. The normalized spacial score (nSPS) is 8.82. The largest absolute Gasteiger partial charge is 0.344 e. The molecule has 0 saturated carbocycles. The predicted octanol–water partition coefficient (Wildman–Crippen LogP) is 3.19. The Bertz CT molecular complexity index is 169. The number of hydrogen-bond acceptors (Lipinski definition) is 1. The van der Waals surface area contributed by atoms with Crippen molar-refractivity contribution in [2.45, 2.75) is 26.2 Å². The average Bonchev–Trinajstić information content (AvgIpc) is 2.03. The standard InChI is InChI=1S/C10H14.H3N/c1-2-3-7-10-8-5-4-6-9-10;/h4-6,8-9H,2-3,7H2,1H3;1H3. The molecule has 0 aliphatic carbocycles. The molecule has 3 N–H and O–H groups in total. The number of unbranched alkanes of at least 4 members (excludes halogenated alkanes) is 1. The maximum Gasteiger partial charge on any atom is -0.0279 e. The van der Waals surface area contributed by atoms with Gasteiger partial charge in [-0.15, -0.1) is 0 Å². The van der Waals surface area contributed by atoms with Crippen LogP contribution in [0.4, 0.5) is 0 Å². The van der Waals surface area contributed by atoms with Crippen molar-refractivity contribution >= 4 is 0 Å². The average molecular weight is 151 g/mol. The second-order valence-electron chi connectivity index (χ2n) is 2.59. The van der Waals surface area contributed by atoms with E-state index in [0.29, 0.717) is 0 Å². The third-order valence-electron chi connectivity index (χ3n) is 1.66. The SMILES string of the molecule is CCCCc1ccccc1.N. The van der Waals surface area contributed by atoms with Gasteiger partial charge >= 0.3 is 0 Å². The van der Waals surface area contributed by atoms with Gasteiger partial charge < -0.3 is 6.15 Å². The summed E-state index contributed by atoms with van der Waals surface area (Å²) in [5, 5.41) is 0. The second kappa shape index (κ2) is 5.93. The fourth-order valence-electron chi connectivity index (χ4n) is 1.03. The molecule has 1 aromatic carbocycles. The van der Waals surface area contributed by atoms with Crippen LogP contribution in [0.5, 0.6) is 0 Å². The molecule has 0 radical (unpaired) electrons. The molecule has 1 rings (SSSR count). The summed E-state index contributed by atoms with van der Waals surface area (Å²) in [6.45, 7) is 2.23. The van der Waals surface area contributed by atoms with Gasteiger partial charge in [-0.3, -0.25) is 0 Å². The topological polar surface area (TPSA) is 35.0 Å². The van der Waals surface area contributed by atoms with E-state index in [9.17, 15) is 0 Å². The summed E-state index contributed by atoms with van der Waals surface area (Å²) < 4.78 is 0. The molecule has 0 amide bonds. The lowest BCUT2D eigenvalue weighted by molar-refractivity contribution is 0.795. The lowest BCUT2D eigenvalue weighted by Gasteiger charge is -1.96. The molecule has 62 valence electrons. The maximum absolute atomic E-state index is 2.23. The maximum atomic E-state index is 2.23. The van der Waals surface area contributed by atoms with Gasteiger partial charge in [0.25, 0.3) is 0 Å². The van der Waals surface area contributed by atoms with Crippen molar-refractivity contribution < 1.29 is 0 Å². The van der Waals surface area contributed by atoms with Gasteiger partial charge in [0.05, 0.1) is 0 Å². The van der Waals surface area contributed by atoms with Crippen LogP contribution in [0.25, 0.3) is 0 Å². The second-order valence-corrected chi connectivity index (χ2v) is 2.59. The Kier molecular flexibility index (Phi) is 5.49. The van der Waals surface area contributed by atoms with Crippen LogP contribution in [0.1, 0.15) is 25.3 Å². The van der Waals surface area contributed by atoms with Crippen LogP contribution < -0.4 is 6.15 Å². The van der Waals surface area contributed by atoms with Crippen LogP contribution in [0.3, 0.4) is 0 Å². The van der Waals surface area contributed by atoms with Gasteiger partial charge in [0.1, 0.15) is 0 Å². The van der Waals surface area contributed by atoms with Crippen molar-refractivity contribution in [3.63, 3.8) is 0 Å². The highest BCUT2D eigenvalue weighted by Crippen LogP contribution is 2.03. The van der Waals surface area contributed by atoms with E-state index in [1.165, 1.54) is 24.8 Å². The monoisotopic (exact) mass is 151 g/mol. The molecule has 0 aromatic heterocycles. The highest BCUT2D eigenvalue weighted by Gasteiger charge is 1.87. The Morgan fingerprint density at radius 2 is 1.73 bits per heavy atom. The molecule has 0 fully saturated rings. The van der Waals surface area contributed by atoms with E-state index in [-0.39, 0.29) is 6.15 Å². The van der Waals surface area contributed by atoms with Gasteiger partial charge in [0.15, 0.2) is 0 Å². The number of aryl methyl sites for hydroxylation is 1. The first-order valence-electron chi connectivity index (χ1n) is 3.97. The predicted molar refractivity (Wildman–Crippen MR) is 50.1 cm³/mol. The highest BCUT2D eigenvalue weighted by molar-refractivity contribution is 5.14. The Labute approximate surface area is 69.0 Å². The van der Waals surface area contributed by atoms with Gasteiger partial charge in [-0.25, -0.2) is 0 Å². The number of benzene rings is 1. The molecular weight excluding hydrogens is 134 g/mol. The van der Waals surface area contributed by atoms with Crippen LogP contribution >= 0.6 is 0 Å². The molecule has 1 aromatic rings. The number of hydrogen-bond donors (Lipinski definition) is 1. The Morgan fingerprint density at radius 1 is 1.09 bits per heavy atom. The molecule has 0 bridgehead atoms. The van der Waals surface area contributed by atoms with Crippen LogP contribution in [-0.2, 0) is 6.42 Å². The zero-order chi connectivity index (χ0) is 7.23. The molecule has 0 aliphatic heterocycles. The fraction of sp³-hybridized carbons (Fsp3) is 0.400. The molecule has 0 atom stereocenters. The summed E-state index contributed by atoms with van der Waals surface area (Å²) in [7, 11) is 0. The van der Waals surface area contributed by atoms with E-state index in [0.717, 1.165) is 0 Å². The first kappa shape index (κ1) is 10.2. The fourth-order valence-corrected chi connectivity index (χ4v) is 1.03. The van der Waals surface area contributed by atoms with E-state index in [4.69, 9.17) is 0 Å². The molecule has 0 heterocycles. The molecular formula is C10H17N. The van der Waals surface area contributed by atoms with Crippen molar-refractivity contribution in [1.82, 2.24) is 6.15 Å². The van der Waals surface area contributed by atoms with Gasteiger partial charge in [0, 0.05) is 0 Å². The summed E-state index contributed by atoms with van der Waals surface area (Å²) in [5.41, 5.74) is 1.46. The highest BCUT2D eigenvalue weighted by atomic mass is 14.0. The molecule has 11 heavy (non-hydrogen) atoms. The minimum Gasteiger partial charge on any atom is -0.344 e. The van der Waals surface area contributed by atoms with Crippen LogP contribution in [0.2, 0.25) is 0 Å². The minimum atomic E-state index is 0. The van der Waals surface area contributed by atoms with E-state index in [1.54, 1.807) is 0 Å². The van der Waals surface area contributed by atoms with E-state index in [1.807, 2.05) is 0 Å². The Balaban J connectivity index is 0.000001000. The van der Waals surface area contributed by atoms with E-state index in [2.05, 4.69) is 37.3 Å². The van der Waals surface area contributed by atoms with Gasteiger partial charge in [0.2, 0.25) is 0 Å². The zero-order valence-corrected chi connectivity index (χ0v) is 7.22. The molecule has 0 aliphatic rings. The summed E-state index contributed by atoms with van der Waals surface area (Å²) in [5.74, 6) is 0. The van der Waals surface area contributed by atoms with Gasteiger partial charge in [-0.2, -0.15) is 0 Å². The summed E-state index contributed by atoms with van der Waals surface area (Å²) in [4.78, 5) is 0. The summed E-state index contributed by atoms with van der Waals surface area (Å²) in [6.07, 6.45) is 3.83. The third-order valence-corrected chi connectivity index (χ3v) is 1.66. The first-order chi connectivity index (χ1) is 4.93. The van der Waals surface area contributed by atoms with Crippen LogP contribution in [0, 0.1) is 0 Å². The smallest absolute Gasteiger partial charge is 0.0279 e. The summed E-state index contributed by atoms with van der Waals surface area (Å²) >= 11 is 0. The first-order valence-corrected chi connectivity index (χ1v) is 3.97. The third kappa shape index (κ3) is 3.79. The van der Waals surface area contributed by atoms with Crippen molar-refractivity contribution in [1.29, 1.82) is 0 Å². The van der Waals surface area contributed by atoms with Gasteiger partial charge in [-0.1, -0.05) is 43.7 Å². The molecule has 0 unspecified atom stereocenters.